The van der Waals surface area contributed by atoms with Gasteiger partial charge in [0.2, 0.25) is 0 Å². The Morgan fingerprint density at radius 3 is 2.48 bits per heavy atom. The van der Waals surface area contributed by atoms with Crippen molar-refractivity contribution in [1.82, 2.24) is 9.55 Å². The molecule has 174 valence electrons. The molecule has 3 aromatic rings. The SMILES string of the molecule is CCN(c1ccc(NC(=O)COC(=O)CCc2nc3ccccc3c(=O)n2C)cc1)C(C)C. The number of rotatable bonds is 9. The molecular weight excluding hydrogens is 420 g/mol. The fraction of sp³-hybridized carbons (Fsp3) is 0.360. The second-order valence-electron chi connectivity index (χ2n) is 8.04. The molecule has 0 fully saturated rings. The topological polar surface area (TPSA) is 93.5 Å². The van der Waals surface area contributed by atoms with Crippen molar-refractivity contribution in [1.29, 1.82) is 0 Å². The lowest BCUT2D eigenvalue weighted by Crippen LogP contribution is -2.30. The largest absolute Gasteiger partial charge is 0.456 e. The number of para-hydroxylation sites is 1. The predicted molar refractivity (Wildman–Crippen MR) is 129 cm³/mol. The van der Waals surface area contributed by atoms with Gasteiger partial charge in [0.25, 0.3) is 11.5 Å². The lowest BCUT2D eigenvalue weighted by atomic mass is 10.2. The summed E-state index contributed by atoms with van der Waals surface area (Å²) in [6, 6.07) is 15.0. The standard InChI is InChI=1S/C25H30N4O4/c1-5-29(17(2)3)19-12-10-18(11-13-19)26-23(30)16-33-24(31)15-14-22-27-21-9-7-6-8-20(21)25(32)28(22)4/h6-13,17H,5,14-16H2,1-4H3,(H,26,30). The fourth-order valence-electron chi connectivity index (χ4n) is 3.70. The van der Waals surface area contributed by atoms with E-state index in [0.717, 1.165) is 12.2 Å². The van der Waals surface area contributed by atoms with Crippen LogP contribution in [0.4, 0.5) is 11.4 Å². The van der Waals surface area contributed by atoms with E-state index in [4.69, 9.17) is 4.74 Å². The molecule has 2 aromatic carbocycles. The molecule has 0 aliphatic rings. The van der Waals surface area contributed by atoms with Crippen molar-refractivity contribution in [3.8, 4) is 0 Å². The fourth-order valence-corrected chi connectivity index (χ4v) is 3.70. The van der Waals surface area contributed by atoms with Gasteiger partial charge in [0.15, 0.2) is 6.61 Å². The van der Waals surface area contributed by atoms with Gasteiger partial charge in [-0.3, -0.25) is 19.0 Å². The quantitative estimate of drug-likeness (QED) is 0.503. The van der Waals surface area contributed by atoms with Crippen LogP contribution in [0.3, 0.4) is 0 Å². The number of amides is 1. The molecule has 0 radical (unpaired) electrons. The molecule has 0 bridgehead atoms. The third-order valence-corrected chi connectivity index (χ3v) is 5.44. The number of hydrogen-bond acceptors (Lipinski definition) is 6. The number of nitrogens with one attached hydrogen (secondary N) is 1. The molecule has 0 spiro atoms. The summed E-state index contributed by atoms with van der Waals surface area (Å²) in [5, 5.41) is 3.26. The normalized spacial score (nSPS) is 10.9. The monoisotopic (exact) mass is 450 g/mol. The first kappa shape index (κ1) is 24.0. The Balaban J connectivity index is 1.50. The number of aromatic nitrogens is 2. The number of fused-ring (bicyclic) bond motifs is 1. The summed E-state index contributed by atoms with van der Waals surface area (Å²) in [5.74, 6) is -0.454. The third-order valence-electron chi connectivity index (χ3n) is 5.44. The van der Waals surface area contributed by atoms with Crippen LogP contribution < -0.4 is 15.8 Å². The van der Waals surface area contributed by atoms with Crippen LogP contribution in [0.1, 0.15) is 33.0 Å². The summed E-state index contributed by atoms with van der Waals surface area (Å²) in [4.78, 5) is 43.4. The number of benzene rings is 2. The summed E-state index contributed by atoms with van der Waals surface area (Å²) < 4.78 is 6.53. The van der Waals surface area contributed by atoms with E-state index >= 15 is 0 Å². The molecule has 0 aliphatic heterocycles. The summed E-state index contributed by atoms with van der Waals surface area (Å²) in [6.07, 6.45) is 0.255. The van der Waals surface area contributed by atoms with E-state index in [1.807, 2.05) is 30.3 Å². The molecule has 8 nitrogen and oxygen atoms in total. The Kier molecular flexibility index (Phi) is 7.82. The number of ether oxygens (including phenoxy) is 1. The number of esters is 1. The Labute approximate surface area is 193 Å². The minimum absolute atomic E-state index is 0.0165. The van der Waals surface area contributed by atoms with Crippen LogP contribution in [0.5, 0.6) is 0 Å². The Bertz CT molecular complexity index is 1190. The molecule has 0 unspecified atom stereocenters. The number of nitrogens with zero attached hydrogens (tertiary/aromatic N) is 3. The predicted octanol–water partition coefficient (Wildman–Crippen LogP) is 3.28. The van der Waals surface area contributed by atoms with E-state index in [9.17, 15) is 14.4 Å². The number of carbonyl (C=O) groups excluding carboxylic acids is 2. The van der Waals surface area contributed by atoms with Gasteiger partial charge in [0, 0.05) is 37.4 Å². The smallest absolute Gasteiger partial charge is 0.306 e. The second-order valence-corrected chi connectivity index (χ2v) is 8.04. The third kappa shape index (κ3) is 5.97. The van der Waals surface area contributed by atoms with Crippen molar-refractivity contribution >= 4 is 34.2 Å². The average Bonchev–Trinajstić information content (AvgIpc) is 2.80. The molecule has 1 heterocycles. The molecule has 0 aliphatic carbocycles. The molecule has 1 aromatic heterocycles. The van der Waals surface area contributed by atoms with E-state index < -0.39 is 11.9 Å². The van der Waals surface area contributed by atoms with Crippen molar-refractivity contribution in [2.75, 3.05) is 23.4 Å². The lowest BCUT2D eigenvalue weighted by Gasteiger charge is -2.27. The van der Waals surface area contributed by atoms with Crippen molar-refractivity contribution in [2.24, 2.45) is 7.05 Å². The first-order valence-corrected chi connectivity index (χ1v) is 11.1. The van der Waals surface area contributed by atoms with Gasteiger partial charge in [0.1, 0.15) is 5.82 Å². The number of hydrogen-bond donors (Lipinski definition) is 1. The highest BCUT2D eigenvalue weighted by Gasteiger charge is 2.13. The highest BCUT2D eigenvalue weighted by molar-refractivity contribution is 5.93. The van der Waals surface area contributed by atoms with Gasteiger partial charge in [-0.05, 0) is 57.2 Å². The van der Waals surface area contributed by atoms with Crippen LogP contribution >= 0.6 is 0 Å². The maximum atomic E-state index is 12.4. The molecule has 1 N–H and O–H groups in total. The van der Waals surface area contributed by atoms with Gasteiger partial charge in [-0.1, -0.05) is 12.1 Å². The molecule has 3 rings (SSSR count). The van der Waals surface area contributed by atoms with Gasteiger partial charge in [-0.25, -0.2) is 4.98 Å². The first-order chi connectivity index (χ1) is 15.8. The van der Waals surface area contributed by atoms with Crippen LogP contribution in [0, 0.1) is 0 Å². The molecule has 0 saturated heterocycles. The minimum Gasteiger partial charge on any atom is -0.456 e. The first-order valence-electron chi connectivity index (χ1n) is 11.1. The lowest BCUT2D eigenvalue weighted by molar-refractivity contribution is -0.147. The Morgan fingerprint density at radius 2 is 1.82 bits per heavy atom. The molecular formula is C25H30N4O4. The van der Waals surface area contributed by atoms with E-state index in [1.54, 1.807) is 25.2 Å². The molecule has 1 amide bonds. The maximum Gasteiger partial charge on any atom is 0.306 e. The van der Waals surface area contributed by atoms with Crippen molar-refractivity contribution in [3.63, 3.8) is 0 Å². The summed E-state index contributed by atoms with van der Waals surface area (Å²) >= 11 is 0. The average molecular weight is 451 g/mol. The molecule has 8 heteroatoms. The summed E-state index contributed by atoms with van der Waals surface area (Å²) in [6.45, 7) is 6.87. The van der Waals surface area contributed by atoms with Crippen molar-refractivity contribution in [3.05, 3.63) is 64.7 Å². The van der Waals surface area contributed by atoms with Crippen molar-refractivity contribution in [2.45, 2.75) is 39.7 Å². The minimum atomic E-state index is -0.529. The zero-order valence-corrected chi connectivity index (χ0v) is 19.5. The van der Waals surface area contributed by atoms with Gasteiger partial charge in [-0.15, -0.1) is 0 Å². The summed E-state index contributed by atoms with van der Waals surface area (Å²) in [5.41, 5.74) is 2.14. The van der Waals surface area contributed by atoms with Crippen LogP contribution in [0.15, 0.2) is 53.3 Å². The maximum absolute atomic E-state index is 12.4. The Morgan fingerprint density at radius 1 is 1.12 bits per heavy atom. The van der Waals surface area contributed by atoms with Gasteiger partial charge in [-0.2, -0.15) is 0 Å². The molecule has 0 atom stereocenters. The van der Waals surface area contributed by atoms with Gasteiger partial charge < -0.3 is 15.0 Å². The zero-order valence-electron chi connectivity index (χ0n) is 19.5. The number of anilines is 2. The van der Waals surface area contributed by atoms with E-state index in [0.29, 0.717) is 28.5 Å². The highest BCUT2D eigenvalue weighted by atomic mass is 16.5. The Hall–Kier alpha value is -3.68. The van der Waals surface area contributed by atoms with Crippen LogP contribution in [-0.2, 0) is 27.8 Å². The van der Waals surface area contributed by atoms with Crippen LogP contribution in [-0.4, -0.2) is 40.6 Å². The van der Waals surface area contributed by atoms with E-state index in [2.05, 4.69) is 36.0 Å². The second kappa shape index (κ2) is 10.8. The number of aryl methyl sites for hydroxylation is 1. The van der Waals surface area contributed by atoms with Gasteiger partial charge >= 0.3 is 5.97 Å². The van der Waals surface area contributed by atoms with Crippen LogP contribution in [0.2, 0.25) is 0 Å². The highest BCUT2D eigenvalue weighted by Crippen LogP contribution is 2.20. The molecule has 33 heavy (non-hydrogen) atoms. The van der Waals surface area contributed by atoms with Crippen LogP contribution in [0.25, 0.3) is 10.9 Å². The van der Waals surface area contributed by atoms with E-state index in [-0.39, 0.29) is 25.0 Å². The molecule has 0 saturated carbocycles. The number of carbonyl (C=O) groups is 2. The zero-order chi connectivity index (χ0) is 24.0. The van der Waals surface area contributed by atoms with Gasteiger partial charge in [0.05, 0.1) is 17.3 Å². The summed E-state index contributed by atoms with van der Waals surface area (Å²) in [7, 11) is 1.63. The van der Waals surface area contributed by atoms with E-state index in [1.165, 1.54) is 4.57 Å². The van der Waals surface area contributed by atoms with Crippen molar-refractivity contribution < 1.29 is 14.3 Å².